The van der Waals surface area contributed by atoms with E-state index in [9.17, 15) is 5.39 Å². The van der Waals surface area contributed by atoms with Gasteiger partial charge >= 0.3 is 5.69 Å². The summed E-state index contributed by atoms with van der Waals surface area (Å²) >= 11 is 0. The fourth-order valence-electron chi connectivity index (χ4n) is 2.62. The molecule has 0 N–H and O–H groups in total. The molecule has 2 atom stereocenters. The molecule has 0 amide bonds. The summed E-state index contributed by atoms with van der Waals surface area (Å²) in [6.07, 6.45) is 3.69. The largest absolute Gasteiger partial charge is 1.00 e. The number of unbranched alkanes of at least 4 members (excludes halogenated alkanes) is 2. The number of ether oxygens (including phenoxy) is 3. The monoisotopic (exact) mass is 369 g/mol. The number of benzene rings is 1. The zero-order valence-corrected chi connectivity index (χ0v) is 15.8. The smallest absolute Gasteiger partial charge is 0.408 e. The van der Waals surface area contributed by atoms with E-state index in [1.54, 1.807) is 6.07 Å². The molecule has 1 aromatic rings. The van der Waals surface area contributed by atoms with Crippen molar-refractivity contribution in [3.8, 4) is 0 Å². The number of rotatable bonds is 9. The third kappa shape index (κ3) is 6.44. The molecule has 7 heteroatoms. The summed E-state index contributed by atoms with van der Waals surface area (Å²) in [7, 11) is 0. The van der Waals surface area contributed by atoms with Crippen molar-refractivity contribution in [2.45, 2.75) is 52.0 Å². The number of nitrogens with zero attached hydrogens (tertiary/aromatic N) is 3. The van der Waals surface area contributed by atoms with Crippen LogP contribution in [0.1, 0.15) is 39.5 Å². The van der Waals surface area contributed by atoms with Crippen LogP contribution in [0.5, 0.6) is 0 Å². The summed E-state index contributed by atoms with van der Waals surface area (Å²) in [6, 6.07) is 7.48. The lowest BCUT2D eigenvalue weighted by Gasteiger charge is -2.39. The van der Waals surface area contributed by atoms with E-state index in [0.717, 1.165) is 31.4 Å². The van der Waals surface area contributed by atoms with Crippen LogP contribution in [-0.2, 0) is 14.2 Å². The van der Waals surface area contributed by atoms with Crippen LogP contribution in [-0.4, -0.2) is 38.9 Å². The van der Waals surface area contributed by atoms with Crippen molar-refractivity contribution in [2.24, 2.45) is 0 Å². The Kier molecular flexibility index (Phi) is 10.4. The van der Waals surface area contributed by atoms with Crippen LogP contribution in [0.4, 0.5) is 11.4 Å². The molecule has 6 nitrogen and oxygen atoms in total. The van der Waals surface area contributed by atoms with E-state index in [0.29, 0.717) is 32.1 Å². The van der Waals surface area contributed by atoms with Crippen molar-refractivity contribution >= 4 is 11.4 Å². The molecule has 1 aliphatic rings. The van der Waals surface area contributed by atoms with Gasteiger partial charge in [0.2, 0.25) is 5.39 Å². The highest BCUT2D eigenvalue weighted by Gasteiger charge is 2.33. The fraction of sp³-hybridized carbons (Fsp3) is 0.667. The lowest BCUT2D eigenvalue weighted by Crippen LogP contribution is -3.00. The Balaban J connectivity index is 0.00000312. The first kappa shape index (κ1) is 21.7. The van der Waals surface area contributed by atoms with Gasteiger partial charge in [0.25, 0.3) is 0 Å². The van der Waals surface area contributed by atoms with Gasteiger partial charge in [-0.15, -0.1) is 0 Å². The van der Waals surface area contributed by atoms with Crippen molar-refractivity contribution in [3.05, 3.63) is 29.2 Å². The van der Waals surface area contributed by atoms with E-state index in [1.165, 1.54) is 0 Å². The molecule has 2 rings (SSSR count). The van der Waals surface area contributed by atoms with Crippen LogP contribution in [0.15, 0.2) is 24.3 Å². The van der Waals surface area contributed by atoms with E-state index in [-0.39, 0.29) is 24.9 Å². The van der Waals surface area contributed by atoms with Gasteiger partial charge in [0.15, 0.2) is 17.5 Å². The molecule has 0 aromatic heterocycles. The third-order valence-electron chi connectivity index (χ3n) is 4.03. The number of hydrogen-bond donors (Lipinski definition) is 0. The first-order valence-corrected chi connectivity index (χ1v) is 8.85. The molecule has 0 aliphatic carbocycles. The second kappa shape index (κ2) is 12.0. The molecule has 1 fully saturated rings. The standard InChI is InChI=1S/C18H28N3O3.ClH/c1-3-5-11-22-17-14-24-18(23-12-6-4-2)13-21(17)16-10-8-7-9-15(16)20-19;/h7-10,17-18H,3-6,11-14H2,1-2H3;1H/q+1;/p-1. The summed E-state index contributed by atoms with van der Waals surface area (Å²) in [6.45, 7) is 6.61. The maximum atomic E-state index is 9.28. The van der Waals surface area contributed by atoms with Crippen molar-refractivity contribution in [3.63, 3.8) is 0 Å². The lowest BCUT2D eigenvalue weighted by atomic mass is 10.2. The Morgan fingerprint density at radius 3 is 2.52 bits per heavy atom. The Morgan fingerprint density at radius 2 is 1.84 bits per heavy atom. The minimum atomic E-state index is -0.297. The molecule has 1 heterocycles. The van der Waals surface area contributed by atoms with Crippen molar-refractivity contribution in [1.29, 1.82) is 5.39 Å². The van der Waals surface area contributed by atoms with Crippen LogP contribution < -0.4 is 17.3 Å². The molecule has 25 heavy (non-hydrogen) atoms. The second-order valence-electron chi connectivity index (χ2n) is 5.91. The summed E-state index contributed by atoms with van der Waals surface area (Å²) in [5.74, 6) is 0. The van der Waals surface area contributed by atoms with Gasteiger partial charge in [-0.1, -0.05) is 38.8 Å². The van der Waals surface area contributed by atoms with Gasteiger partial charge in [-0.05, 0) is 18.9 Å². The number of para-hydroxylation sites is 1. The average molecular weight is 370 g/mol. The van der Waals surface area contributed by atoms with Crippen LogP contribution in [0, 0.1) is 5.39 Å². The minimum absolute atomic E-state index is 0. The molecule has 1 aromatic carbocycles. The van der Waals surface area contributed by atoms with Crippen molar-refractivity contribution < 1.29 is 26.6 Å². The molecule has 0 bridgehead atoms. The highest BCUT2D eigenvalue weighted by Crippen LogP contribution is 2.32. The van der Waals surface area contributed by atoms with Crippen LogP contribution >= 0.6 is 0 Å². The number of hydrogen-bond acceptors (Lipinski definition) is 5. The molecule has 140 valence electrons. The van der Waals surface area contributed by atoms with Crippen LogP contribution in [0.2, 0.25) is 0 Å². The summed E-state index contributed by atoms with van der Waals surface area (Å²) < 4.78 is 17.6. The number of anilines is 1. The van der Waals surface area contributed by atoms with Crippen LogP contribution in [0.3, 0.4) is 0 Å². The first-order chi connectivity index (χ1) is 11.8. The van der Waals surface area contributed by atoms with Gasteiger partial charge < -0.3 is 31.5 Å². The Morgan fingerprint density at radius 1 is 1.16 bits per heavy atom. The van der Waals surface area contributed by atoms with E-state index >= 15 is 0 Å². The highest BCUT2D eigenvalue weighted by atomic mass is 35.5. The topological polar surface area (TPSA) is 59.1 Å². The van der Waals surface area contributed by atoms with E-state index < -0.39 is 0 Å². The predicted octanol–water partition coefficient (Wildman–Crippen LogP) is 1.30. The molecular weight excluding hydrogens is 342 g/mol. The summed E-state index contributed by atoms with van der Waals surface area (Å²) in [5.41, 5.74) is 1.35. The maximum absolute atomic E-state index is 9.28. The van der Waals surface area contributed by atoms with Crippen molar-refractivity contribution in [1.82, 2.24) is 0 Å². The van der Waals surface area contributed by atoms with Gasteiger partial charge in [-0.2, -0.15) is 0 Å². The van der Waals surface area contributed by atoms with Gasteiger partial charge in [-0.3, -0.25) is 0 Å². The fourth-order valence-corrected chi connectivity index (χ4v) is 2.62. The second-order valence-corrected chi connectivity index (χ2v) is 5.91. The highest BCUT2D eigenvalue weighted by molar-refractivity contribution is 5.70. The molecule has 0 saturated carbocycles. The molecular formula is C18H28ClN3O3. The van der Waals surface area contributed by atoms with Gasteiger partial charge in [-0.25, -0.2) is 0 Å². The molecule has 2 unspecified atom stereocenters. The number of halogens is 1. The average Bonchev–Trinajstić information content (AvgIpc) is 2.63. The van der Waals surface area contributed by atoms with E-state index in [1.807, 2.05) is 18.2 Å². The molecule has 0 spiro atoms. The summed E-state index contributed by atoms with van der Waals surface area (Å²) in [5, 5.41) is 9.28. The molecule has 1 saturated heterocycles. The molecule has 0 radical (unpaired) electrons. The van der Waals surface area contributed by atoms with Crippen LogP contribution in [0.25, 0.3) is 4.98 Å². The zero-order valence-electron chi connectivity index (χ0n) is 15.1. The van der Waals surface area contributed by atoms with Crippen molar-refractivity contribution in [2.75, 3.05) is 31.3 Å². The normalized spacial score (nSPS) is 20.0. The Bertz CT molecular complexity index is 539. The molecule has 1 aliphatic heterocycles. The maximum Gasteiger partial charge on any atom is 0.408 e. The van der Waals surface area contributed by atoms with Gasteiger partial charge in [0.1, 0.15) is 5.69 Å². The predicted molar refractivity (Wildman–Crippen MR) is 93.8 cm³/mol. The lowest BCUT2D eigenvalue weighted by molar-refractivity contribution is -0.182. The zero-order chi connectivity index (χ0) is 17.2. The first-order valence-electron chi connectivity index (χ1n) is 8.85. The SMILES string of the molecule is CCCCOC1CN(c2ccccc2[N+]#N)C(OCCCC)CO1.[Cl-]. The third-order valence-corrected chi connectivity index (χ3v) is 4.03. The Hall–Kier alpha value is -1.39. The Labute approximate surface area is 156 Å². The van der Waals surface area contributed by atoms with E-state index in [4.69, 9.17) is 14.2 Å². The quantitative estimate of drug-likeness (QED) is 0.485. The number of diazo groups is 1. The van der Waals surface area contributed by atoms with Gasteiger partial charge in [0.05, 0.1) is 13.2 Å². The summed E-state index contributed by atoms with van der Waals surface area (Å²) in [4.78, 5) is 5.47. The minimum Gasteiger partial charge on any atom is -1.00 e. The number of morpholine rings is 1. The van der Waals surface area contributed by atoms with E-state index in [2.05, 4.69) is 23.7 Å². The van der Waals surface area contributed by atoms with Gasteiger partial charge in [0, 0.05) is 19.3 Å².